The summed E-state index contributed by atoms with van der Waals surface area (Å²) >= 11 is 5.99. The Bertz CT molecular complexity index is 404. The van der Waals surface area contributed by atoms with Crippen molar-refractivity contribution in [3.05, 3.63) is 29.3 Å². The van der Waals surface area contributed by atoms with E-state index < -0.39 is 0 Å². The van der Waals surface area contributed by atoms with Gasteiger partial charge in [-0.3, -0.25) is 0 Å². The molecule has 2 heterocycles. The first-order chi connectivity index (χ1) is 6.81. The van der Waals surface area contributed by atoms with Crippen molar-refractivity contribution in [2.24, 2.45) is 5.73 Å². The quantitative estimate of drug-likeness (QED) is 0.720. The predicted molar refractivity (Wildman–Crippen MR) is 56.1 cm³/mol. The minimum absolute atomic E-state index is 0.552. The fraction of sp³-hybridized carbons (Fsp3) is 0.222. The van der Waals surface area contributed by atoms with E-state index in [-0.39, 0.29) is 0 Å². The highest BCUT2D eigenvalue weighted by Crippen LogP contribution is 2.23. The molecule has 0 saturated heterocycles. The summed E-state index contributed by atoms with van der Waals surface area (Å²) in [5, 5.41) is 0.552. The van der Waals surface area contributed by atoms with Gasteiger partial charge in [0.15, 0.2) is 0 Å². The van der Waals surface area contributed by atoms with Crippen LogP contribution in [0.2, 0.25) is 5.15 Å². The van der Waals surface area contributed by atoms with Gasteiger partial charge in [-0.05, 0) is 18.7 Å². The van der Waals surface area contributed by atoms with Gasteiger partial charge in [-0.2, -0.15) is 0 Å². The number of hydrogen-bond acceptors (Lipinski definition) is 2. The van der Waals surface area contributed by atoms with Gasteiger partial charge in [-0.25, -0.2) is 4.98 Å². The first-order valence-electron chi connectivity index (χ1n) is 4.39. The molecule has 0 unspecified atom stereocenters. The Morgan fingerprint density at radius 1 is 1.50 bits per heavy atom. The number of rotatable bonds is 3. The number of halogens is 1. The molecular weight excluding hydrogens is 200 g/mol. The highest BCUT2D eigenvalue weighted by atomic mass is 35.5. The maximum Gasteiger partial charge on any atom is 0.135 e. The molecule has 4 N–H and O–H groups in total. The fourth-order valence-electron chi connectivity index (χ4n) is 1.31. The lowest BCUT2D eigenvalue weighted by molar-refractivity contribution is 0.895. The van der Waals surface area contributed by atoms with E-state index in [1.807, 2.05) is 18.3 Å². The van der Waals surface area contributed by atoms with Crippen molar-refractivity contribution in [1.29, 1.82) is 0 Å². The Morgan fingerprint density at radius 3 is 3.00 bits per heavy atom. The van der Waals surface area contributed by atoms with Crippen LogP contribution in [0, 0.1) is 0 Å². The van der Waals surface area contributed by atoms with E-state index in [4.69, 9.17) is 17.3 Å². The maximum absolute atomic E-state index is 5.99. The number of nitrogens with two attached hydrogens (primary N) is 1. The molecule has 0 atom stereocenters. The van der Waals surface area contributed by atoms with Crippen LogP contribution in [-0.4, -0.2) is 21.5 Å². The van der Waals surface area contributed by atoms with Gasteiger partial charge in [0.25, 0.3) is 0 Å². The first kappa shape index (κ1) is 9.30. The van der Waals surface area contributed by atoms with Crippen LogP contribution in [0.4, 0.5) is 0 Å². The second-order valence-corrected chi connectivity index (χ2v) is 3.35. The largest absolute Gasteiger partial charge is 0.360 e. The minimum Gasteiger partial charge on any atom is -0.360 e. The van der Waals surface area contributed by atoms with Gasteiger partial charge >= 0.3 is 0 Å². The average Bonchev–Trinajstić information content (AvgIpc) is 2.74. The molecule has 74 valence electrons. The van der Waals surface area contributed by atoms with Crippen LogP contribution >= 0.6 is 11.6 Å². The Morgan fingerprint density at radius 2 is 2.36 bits per heavy atom. The van der Waals surface area contributed by atoms with Crippen molar-refractivity contribution < 1.29 is 0 Å². The number of aromatic nitrogens is 3. The smallest absolute Gasteiger partial charge is 0.135 e. The predicted octanol–water partition coefficient (Wildman–Crippen LogP) is 1.56. The number of aromatic amines is 2. The minimum atomic E-state index is 0.552. The standard InChI is InChI=1S/C9H11ClN4/c10-9-8(6-2-1-5-12-6)13-7(14-9)3-4-11/h1-2,5,12H,3-4,11H2,(H,13,14). The first-order valence-corrected chi connectivity index (χ1v) is 4.77. The van der Waals surface area contributed by atoms with Gasteiger partial charge in [0.2, 0.25) is 0 Å². The number of nitrogens with zero attached hydrogens (tertiary/aromatic N) is 1. The van der Waals surface area contributed by atoms with Gasteiger partial charge in [0.1, 0.15) is 16.7 Å². The average molecular weight is 211 g/mol. The summed E-state index contributed by atoms with van der Waals surface area (Å²) in [6.45, 7) is 0.564. The summed E-state index contributed by atoms with van der Waals surface area (Å²) in [6, 6.07) is 3.83. The Labute approximate surface area is 86.5 Å². The van der Waals surface area contributed by atoms with Gasteiger partial charge < -0.3 is 15.7 Å². The third-order valence-electron chi connectivity index (χ3n) is 1.94. The molecule has 2 aromatic heterocycles. The third kappa shape index (κ3) is 1.66. The number of nitrogens with one attached hydrogen (secondary N) is 2. The van der Waals surface area contributed by atoms with Crippen LogP contribution in [-0.2, 0) is 6.42 Å². The summed E-state index contributed by atoms with van der Waals surface area (Å²) < 4.78 is 0. The van der Waals surface area contributed by atoms with Crippen molar-refractivity contribution in [2.45, 2.75) is 6.42 Å². The highest BCUT2D eigenvalue weighted by molar-refractivity contribution is 6.31. The van der Waals surface area contributed by atoms with Crippen LogP contribution in [0.15, 0.2) is 18.3 Å². The van der Waals surface area contributed by atoms with Crippen molar-refractivity contribution in [3.63, 3.8) is 0 Å². The molecule has 14 heavy (non-hydrogen) atoms. The Balaban J connectivity index is 2.35. The zero-order valence-electron chi connectivity index (χ0n) is 7.55. The zero-order valence-corrected chi connectivity index (χ0v) is 8.30. The number of imidazole rings is 1. The van der Waals surface area contributed by atoms with Crippen molar-refractivity contribution in [1.82, 2.24) is 15.0 Å². The van der Waals surface area contributed by atoms with Crippen LogP contribution in [0.5, 0.6) is 0 Å². The number of H-pyrrole nitrogens is 2. The van der Waals surface area contributed by atoms with E-state index in [1.54, 1.807) is 0 Å². The van der Waals surface area contributed by atoms with E-state index in [0.29, 0.717) is 18.1 Å². The third-order valence-corrected chi connectivity index (χ3v) is 2.22. The zero-order chi connectivity index (χ0) is 9.97. The van der Waals surface area contributed by atoms with Gasteiger partial charge in [0, 0.05) is 12.6 Å². The van der Waals surface area contributed by atoms with Crippen LogP contribution < -0.4 is 5.73 Å². The molecule has 5 heteroatoms. The van der Waals surface area contributed by atoms with E-state index in [9.17, 15) is 0 Å². The lowest BCUT2D eigenvalue weighted by Crippen LogP contribution is -2.03. The maximum atomic E-state index is 5.99. The van der Waals surface area contributed by atoms with Crippen molar-refractivity contribution in [2.75, 3.05) is 6.54 Å². The van der Waals surface area contributed by atoms with E-state index in [1.165, 1.54) is 0 Å². The van der Waals surface area contributed by atoms with Crippen molar-refractivity contribution >= 4 is 11.6 Å². The topological polar surface area (TPSA) is 70.5 Å². The van der Waals surface area contributed by atoms with E-state index in [0.717, 1.165) is 17.2 Å². The molecule has 0 fully saturated rings. The lowest BCUT2D eigenvalue weighted by atomic mass is 10.3. The summed E-state index contributed by atoms with van der Waals surface area (Å²) in [7, 11) is 0. The Hall–Kier alpha value is -1.26. The van der Waals surface area contributed by atoms with Gasteiger partial charge in [-0.15, -0.1) is 0 Å². The van der Waals surface area contributed by atoms with Crippen LogP contribution in [0.3, 0.4) is 0 Å². The van der Waals surface area contributed by atoms with E-state index in [2.05, 4.69) is 15.0 Å². The van der Waals surface area contributed by atoms with E-state index >= 15 is 0 Å². The summed E-state index contributed by atoms with van der Waals surface area (Å²) in [6.07, 6.45) is 2.55. The molecule has 0 bridgehead atoms. The summed E-state index contributed by atoms with van der Waals surface area (Å²) in [5.41, 5.74) is 7.09. The molecule has 0 amide bonds. The summed E-state index contributed by atoms with van der Waals surface area (Å²) in [4.78, 5) is 10.4. The summed E-state index contributed by atoms with van der Waals surface area (Å²) in [5.74, 6) is 0.821. The molecule has 0 aliphatic rings. The monoisotopic (exact) mass is 210 g/mol. The number of hydrogen-bond donors (Lipinski definition) is 3. The highest BCUT2D eigenvalue weighted by Gasteiger charge is 2.10. The van der Waals surface area contributed by atoms with Crippen LogP contribution in [0.1, 0.15) is 5.82 Å². The van der Waals surface area contributed by atoms with Crippen molar-refractivity contribution in [3.8, 4) is 11.4 Å². The molecule has 0 aliphatic heterocycles. The SMILES string of the molecule is NCCc1nc(-c2ccc[nH]2)c(Cl)[nH]1. The molecule has 0 saturated carbocycles. The second kappa shape index (κ2) is 3.86. The molecule has 2 rings (SSSR count). The molecule has 0 aromatic carbocycles. The van der Waals surface area contributed by atoms with Gasteiger partial charge in [0.05, 0.1) is 5.69 Å². The molecule has 2 aromatic rings. The van der Waals surface area contributed by atoms with Gasteiger partial charge in [-0.1, -0.05) is 11.6 Å². The fourth-order valence-corrected chi connectivity index (χ4v) is 1.56. The normalized spacial score (nSPS) is 10.7. The van der Waals surface area contributed by atoms with Crippen LogP contribution in [0.25, 0.3) is 11.4 Å². The Kier molecular flexibility index (Phi) is 2.56. The molecule has 0 radical (unpaired) electrons. The molecule has 0 spiro atoms. The molecule has 0 aliphatic carbocycles. The second-order valence-electron chi connectivity index (χ2n) is 2.97. The molecule has 4 nitrogen and oxygen atoms in total. The lowest BCUT2D eigenvalue weighted by Gasteiger charge is -1.90. The molecular formula is C9H11ClN4.